The van der Waals surface area contributed by atoms with Crippen molar-refractivity contribution in [2.45, 2.75) is 70.4 Å². The zero-order valence-corrected chi connectivity index (χ0v) is 18.5. The Bertz CT molecular complexity index is 919. The monoisotopic (exact) mass is 428 g/mol. The summed E-state index contributed by atoms with van der Waals surface area (Å²) < 4.78 is 8.54. The molecule has 0 bridgehead atoms. The Hall–Kier alpha value is -2.28. The van der Waals surface area contributed by atoms with Gasteiger partial charge in [-0.05, 0) is 43.7 Å². The molecule has 0 radical (unpaired) electrons. The first-order valence-electron chi connectivity index (χ1n) is 12.0. The first kappa shape index (κ1) is 21.9. The summed E-state index contributed by atoms with van der Waals surface area (Å²) in [6, 6.07) is 8.11. The highest BCUT2D eigenvalue weighted by molar-refractivity contribution is 5.76. The van der Waals surface area contributed by atoms with E-state index in [1.165, 1.54) is 51.5 Å². The molecule has 1 saturated heterocycles. The lowest BCUT2D eigenvalue weighted by Crippen LogP contribution is -2.40. The van der Waals surface area contributed by atoms with Crippen molar-refractivity contribution in [1.29, 1.82) is 0 Å². The van der Waals surface area contributed by atoms with E-state index in [0.29, 0.717) is 6.54 Å². The molecular weight excluding hydrogens is 392 g/mol. The van der Waals surface area contributed by atoms with Gasteiger partial charge in [-0.25, -0.2) is 9.59 Å². The zero-order chi connectivity index (χ0) is 21.6. The van der Waals surface area contributed by atoms with E-state index in [1.807, 2.05) is 28.8 Å². The molecule has 1 saturated carbocycles. The quantitative estimate of drug-likeness (QED) is 0.757. The summed E-state index contributed by atoms with van der Waals surface area (Å²) in [5, 5.41) is 0. The van der Waals surface area contributed by atoms with Crippen molar-refractivity contribution < 1.29 is 9.53 Å². The minimum atomic E-state index is -0.812. The van der Waals surface area contributed by atoms with Crippen molar-refractivity contribution in [3.05, 3.63) is 34.7 Å². The van der Waals surface area contributed by atoms with Gasteiger partial charge in [0.25, 0.3) is 0 Å². The molecule has 7 heteroatoms. The van der Waals surface area contributed by atoms with Gasteiger partial charge < -0.3 is 15.4 Å². The molecule has 0 unspecified atom stereocenters. The summed E-state index contributed by atoms with van der Waals surface area (Å²) in [7, 11) is 0. The van der Waals surface area contributed by atoms with Gasteiger partial charge in [0.05, 0.1) is 17.6 Å². The molecule has 2 aliphatic rings. The second-order valence-corrected chi connectivity index (χ2v) is 9.20. The summed E-state index contributed by atoms with van der Waals surface area (Å²) in [5.41, 5.74) is 6.90. The van der Waals surface area contributed by atoms with Gasteiger partial charge >= 0.3 is 11.8 Å². The van der Waals surface area contributed by atoms with Gasteiger partial charge in [0, 0.05) is 25.7 Å². The Kier molecular flexibility index (Phi) is 7.33. The highest BCUT2D eigenvalue weighted by Crippen LogP contribution is 2.28. The SMILES string of the molecule is NC(=O)OCCn1c(=O)n(C2CCN(CC3CCCCCCC3)CC2)c2ccccc21. The predicted octanol–water partition coefficient (Wildman–Crippen LogP) is 3.90. The minimum absolute atomic E-state index is 0.0206. The topological polar surface area (TPSA) is 82.5 Å². The number of amides is 1. The normalized spacial score (nSPS) is 19.9. The van der Waals surface area contributed by atoms with E-state index in [9.17, 15) is 9.59 Å². The number of hydrogen-bond donors (Lipinski definition) is 1. The Balaban J connectivity index is 1.43. The van der Waals surface area contributed by atoms with Crippen molar-refractivity contribution in [3.63, 3.8) is 0 Å². The fourth-order valence-electron chi connectivity index (χ4n) is 5.49. The third-order valence-electron chi connectivity index (χ3n) is 7.09. The number of carbonyl (C=O) groups excluding carboxylic acids is 1. The molecule has 31 heavy (non-hydrogen) atoms. The van der Waals surface area contributed by atoms with E-state index in [2.05, 4.69) is 4.90 Å². The lowest BCUT2D eigenvalue weighted by Gasteiger charge is -2.35. The van der Waals surface area contributed by atoms with Crippen molar-refractivity contribution in [2.24, 2.45) is 11.7 Å². The van der Waals surface area contributed by atoms with Crippen LogP contribution in [0.2, 0.25) is 0 Å². The van der Waals surface area contributed by atoms with Gasteiger partial charge in [0.15, 0.2) is 0 Å². The van der Waals surface area contributed by atoms with Crippen LogP contribution in [0.1, 0.15) is 63.8 Å². The molecule has 2 N–H and O–H groups in total. The first-order valence-corrected chi connectivity index (χ1v) is 12.0. The molecule has 2 aromatic rings. The molecule has 0 atom stereocenters. The van der Waals surface area contributed by atoms with Crippen LogP contribution in [-0.2, 0) is 11.3 Å². The molecule has 4 rings (SSSR count). The number of nitrogens with zero attached hydrogens (tertiary/aromatic N) is 3. The number of benzene rings is 1. The summed E-state index contributed by atoms with van der Waals surface area (Å²) >= 11 is 0. The average Bonchev–Trinajstić information content (AvgIpc) is 3.02. The Morgan fingerprint density at radius 2 is 1.61 bits per heavy atom. The van der Waals surface area contributed by atoms with Gasteiger partial charge in [0.2, 0.25) is 0 Å². The smallest absolute Gasteiger partial charge is 0.404 e. The number of aromatic nitrogens is 2. The van der Waals surface area contributed by atoms with Crippen molar-refractivity contribution in [3.8, 4) is 0 Å². The second-order valence-electron chi connectivity index (χ2n) is 9.20. The van der Waals surface area contributed by atoms with E-state index in [0.717, 1.165) is 42.9 Å². The van der Waals surface area contributed by atoms with Crippen LogP contribution in [0.25, 0.3) is 11.0 Å². The predicted molar refractivity (Wildman–Crippen MR) is 122 cm³/mol. The number of imidazole rings is 1. The molecule has 1 aliphatic carbocycles. The van der Waals surface area contributed by atoms with Gasteiger partial charge in [-0.2, -0.15) is 0 Å². The fraction of sp³-hybridized carbons (Fsp3) is 0.667. The largest absolute Gasteiger partial charge is 0.448 e. The molecule has 1 amide bonds. The number of hydrogen-bond acceptors (Lipinski definition) is 4. The number of primary amides is 1. The van der Waals surface area contributed by atoms with E-state index in [1.54, 1.807) is 4.57 Å². The van der Waals surface area contributed by atoms with E-state index < -0.39 is 6.09 Å². The number of fused-ring (bicyclic) bond motifs is 1. The number of para-hydroxylation sites is 2. The Morgan fingerprint density at radius 1 is 0.968 bits per heavy atom. The Morgan fingerprint density at radius 3 is 2.29 bits per heavy atom. The summed E-state index contributed by atoms with van der Waals surface area (Å²) in [6.07, 6.45) is 10.9. The number of ether oxygens (including phenoxy) is 1. The Labute approximate surface area is 184 Å². The molecule has 1 aliphatic heterocycles. The van der Waals surface area contributed by atoms with Crippen molar-refractivity contribution in [1.82, 2.24) is 14.0 Å². The molecule has 7 nitrogen and oxygen atoms in total. The van der Waals surface area contributed by atoms with E-state index in [-0.39, 0.29) is 18.3 Å². The maximum Gasteiger partial charge on any atom is 0.404 e. The molecule has 0 spiro atoms. The van der Waals surface area contributed by atoms with Crippen LogP contribution in [0.3, 0.4) is 0 Å². The zero-order valence-electron chi connectivity index (χ0n) is 18.5. The van der Waals surface area contributed by atoms with Gasteiger partial charge in [0.1, 0.15) is 6.61 Å². The molecule has 2 fully saturated rings. The van der Waals surface area contributed by atoms with Crippen LogP contribution in [0, 0.1) is 5.92 Å². The van der Waals surface area contributed by atoms with Crippen molar-refractivity contribution >= 4 is 17.1 Å². The number of rotatable bonds is 6. The molecule has 170 valence electrons. The van der Waals surface area contributed by atoms with Crippen LogP contribution >= 0.6 is 0 Å². The number of nitrogens with two attached hydrogens (primary N) is 1. The third kappa shape index (κ3) is 5.32. The standard InChI is InChI=1S/C24H36N4O3/c25-23(29)31-17-16-27-21-10-6-7-11-22(21)28(24(27)30)20-12-14-26(15-13-20)18-19-8-4-2-1-3-5-9-19/h6-7,10-11,19-20H,1-5,8-9,12-18H2,(H2,25,29). The van der Waals surface area contributed by atoms with Crippen LogP contribution in [0.15, 0.2) is 29.1 Å². The highest BCUT2D eigenvalue weighted by Gasteiger charge is 2.26. The van der Waals surface area contributed by atoms with E-state index in [4.69, 9.17) is 10.5 Å². The summed E-state index contributed by atoms with van der Waals surface area (Å²) in [4.78, 5) is 26.8. The molecule has 1 aromatic heterocycles. The third-order valence-corrected chi connectivity index (χ3v) is 7.09. The van der Waals surface area contributed by atoms with Crippen LogP contribution in [0.5, 0.6) is 0 Å². The number of likely N-dealkylation sites (tertiary alicyclic amines) is 1. The van der Waals surface area contributed by atoms with Gasteiger partial charge in [-0.3, -0.25) is 9.13 Å². The van der Waals surface area contributed by atoms with Gasteiger partial charge in [-0.1, -0.05) is 44.2 Å². The maximum atomic E-state index is 13.3. The summed E-state index contributed by atoms with van der Waals surface area (Å²) in [6.45, 7) is 3.74. The fourth-order valence-corrected chi connectivity index (χ4v) is 5.49. The molecule has 1 aromatic carbocycles. The number of piperidine rings is 1. The summed E-state index contributed by atoms with van der Waals surface area (Å²) in [5.74, 6) is 0.840. The minimum Gasteiger partial charge on any atom is -0.448 e. The first-order chi connectivity index (χ1) is 15.1. The van der Waals surface area contributed by atoms with Crippen LogP contribution < -0.4 is 11.4 Å². The van der Waals surface area contributed by atoms with E-state index >= 15 is 0 Å². The van der Waals surface area contributed by atoms with Crippen LogP contribution in [-0.4, -0.2) is 46.4 Å². The lowest BCUT2D eigenvalue weighted by molar-refractivity contribution is 0.148. The number of carbonyl (C=O) groups is 1. The molecule has 2 heterocycles. The van der Waals surface area contributed by atoms with Gasteiger partial charge in [-0.15, -0.1) is 0 Å². The second kappa shape index (κ2) is 10.4. The maximum absolute atomic E-state index is 13.3. The highest BCUT2D eigenvalue weighted by atomic mass is 16.5. The van der Waals surface area contributed by atoms with Crippen molar-refractivity contribution in [2.75, 3.05) is 26.2 Å². The van der Waals surface area contributed by atoms with Crippen LogP contribution in [0.4, 0.5) is 4.79 Å². The lowest BCUT2D eigenvalue weighted by atomic mass is 9.90. The average molecular weight is 429 g/mol. The molecular formula is C24H36N4O3.